The van der Waals surface area contributed by atoms with Crippen molar-refractivity contribution in [2.24, 2.45) is 0 Å². The smallest absolute Gasteiger partial charge is 0.408 e. The van der Waals surface area contributed by atoms with Crippen molar-refractivity contribution in [3.8, 4) is 22.5 Å². The Labute approximate surface area is 429 Å². The number of aromatic nitrogens is 6. The summed E-state index contributed by atoms with van der Waals surface area (Å²) in [4.78, 5) is 69.3. The second-order valence-corrected chi connectivity index (χ2v) is 22.5. The Balaban J connectivity index is 1.03. The van der Waals surface area contributed by atoms with E-state index in [0.29, 0.717) is 51.9 Å². The maximum absolute atomic E-state index is 15.1. The number of rotatable bonds is 17. The Morgan fingerprint density at radius 3 is 1.31 bits per heavy atom. The Kier molecular flexibility index (Phi) is 16.7. The number of carbonyl (C=O) groups excluding carboxylic acids is 4. The number of amides is 4. The molecule has 8 rings (SSSR count). The molecule has 0 saturated heterocycles. The number of nitrogens with zero attached hydrogens (tertiary/aromatic N) is 8. The molecule has 18 heteroatoms. The normalized spacial score (nSPS) is 16.5. The minimum atomic E-state index is -1.00. The minimum Gasteiger partial charge on any atom is -0.444 e. The summed E-state index contributed by atoms with van der Waals surface area (Å²) in [6.45, 7) is 12.3. The lowest BCUT2D eigenvalue weighted by atomic mass is 9.98. The Bertz CT molecular complexity index is 2580. The topological polar surface area (TPSA) is 179 Å². The summed E-state index contributed by atoms with van der Waals surface area (Å²) in [6.07, 6.45) is 8.16. The molecule has 16 nitrogen and oxygen atoms in total. The van der Waals surface area contributed by atoms with E-state index in [4.69, 9.17) is 19.7 Å². The van der Waals surface area contributed by atoms with Crippen LogP contribution >= 0.6 is 21.6 Å². The number of carbonyl (C=O) groups is 4. The largest absolute Gasteiger partial charge is 0.444 e. The number of pyridine rings is 2. The molecule has 6 heterocycles. The van der Waals surface area contributed by atoms with Gasteiger partial charge in [0.1, 0.15) is 23.3 Å². The number of hydrogen-bond acceptors (Lipinski definition) is 12. The number of hydrogen-bond donors (Lipinski definition) is 2. The highest BCUT2D eigenvalue weighted by atomic mass is 33.1. The fourth-order valence-electron chi connectivity index (χ4n) is 9.03. The average Bonchev–Trinajstić information content (AvgIpc) is 4.01. The van der Waals surface area contributed by atoms with Crippen molar-refractivity contribution in [3.05, 3.63) is 144 Å². The molecule has 0 saturated carbocycles. The highest BCUT2D eigenvalue weighted by Gasteiger charge is 2.39. The van der Waals surface area contributed by atoms with E-state index in [9.17, 15) is 9.59 Å². The van der Waals surface area contributed by atoms with Crippen LogP contribution in [0.25, 0.3) is 22.5 Å². The Morgan fingerprint density at radius 1 is 0.569 bits per heavy atom. The third-order valence-corrected chi connectivity index (χ3v) is 14.7. The van der Waals surface area contributed by atoms with Crippen molar-refractivity contribution >= 4 is 45.6 Å². The van der Waals surface area contributed by atoms with Gasteiger partial charge in [0.25, 0.3) is 0 Å². The molecule has 0 fully saturated rings. The van der Waals surface area contributed by atoms with Crippen LogP contribution in [0, 0.1) is 0 Å². The van der Waals surface area contributed by atoms with E-state index in [1.807, 2.05) is 92.0 Å². The molecule has 2 aliphatic heterocycles. The van der Waals surface area contributed by atoms with Crippen molar-refractivity contribution in [2.45, 2.75) is 116 Å². The average molecular weight is 1010 g/mol. The molecule has 2 aromatic carbocycles. The van der Waals surface area contributed by atoms with Gasteiger partial charge in [0, 0.05) is 60.5 Å². The van der Waals surface area contributed by atoms with Gasteiger partial charge in [-0.2, -0.15) is 10.2 Å². The molecular formula is C54H64N10O6S2. The van der Waals surface area contributed by atoms with E-state index in [1.165, 1.54) is 21.6 Å². The lowest BCUT2D eigenvalue weighted by Gasteiger charge is -2.38. The Morgan fingerprint density at radius 2 is 0.944 bits per heavy atom. The van der Waals surface area contributed by atoms with Gasteiger partial charge in [-0.3, -0.25) is 28.9 Å². The van der Waals surface area contributed by atoms with Crippen molar-refractivity contribution in [1.82, 2.24) is 50.0 Å². The van der Waals surface area contributed by atoms with Gasteiger partial charge in [0.2, 0.25) is 11.8 Å². The number of fused-ring (bicyclic) bond motifs is 2. The van der Waals surface area contributed by atoms with Crippen molar-refractivity contribution in [1.29, 1.82) is 0 Å². The summed E-state index contributed by atoms with van der Waals surface area (Å²) in [5, 5.41) is 15.7. The number of alkyl carbamates (subject to hydrolysis) is 2. The van der Waals surface area contributed by atoms with Crippen LogP contribution in [0.3, 0.4) is 0 Å². The van der Waals surface area contributed by atoms with Crippen molar-refractivity contribution in [3.63, 3.8) is 0 Å². The first-order valence-electron chi connectivity index (χ1n) is 24.5. The lowest BCUT2D eigenvalue weighted by molar-refractivity contribution is -0.137. The summed E-state index contributed by atoms with van der Waals surface area (Å²) in [6, 6.07) is 29.4. The van der Waals surface area contributed by atoms with Gasteiger partial charge in [-0.1, -0.05) is 82.3 Å². The van der Waals surface area contributed by atoms with Gasteiger partial charge in [0.05, 0.1) is 47.9 Å². The molecule has 6 aromatic rings. The maximum atomic E-state index is 15.1. The molecule has 4 atom stereocenters. The fraction of sp³-hybridized carbons (Fsp3) is 0.407. The monoisotopic (exact) mass is 1010 g/mol. The van der Waals surface area contributed by atoms with Gasteiger partial charge < -0.3 is 29.9 Å². The highest BCUT2D eigenvalue weighted by Crippen LogP contribution is 2.36. The van der Waals surface area contributed by atoms with Crippen LogP contribution in [0.2, 0.25) is 0 Å². The summed E-state index contributed by atoms with van der Waals surface area (Å²) >= 11 is 0. The molecule has 4 aromatic heterocycles. The second kappa shape index (κ2) is 23.3. The van der Waals surface area contributed by atoms with E-state index in [2.05, 4.69) is 44.9 Å². The van der Waals surface area contributed by atoms with Gasteiger partial charge >= 0.3 is 12.2 Å². The Hall–Kier alpha value is -6.66. The predicted octanol–water partition coefficient (Wildman–Crippen LogP) is 9.10. The quantitative estimate of drug-likeness (QED) is 0.0655. The summed E-state index contributed by atoms with van der Waals surface area (Å²) in [5.74, 6) is -0.247. The zero-order chi connectivity index (χ0) is 50.8. The van der Waals surface area contributed by atoms with Crippen LogP contribution in [0.5, 0.6) is 0 Å². The first-order chi connectivity index (χ1) is 34.6. The summed E-state index contributed by atoms with van der Waals surface area (Å²) in [7, 11) is 2.67. The van der Waals surface area contributed by atoms with E-state index < -0.39 is 35.5 Å². The first-order valence-corrected chi connectivity index (χ1v) is 27.0. The summed E-state index contributed by atoms with van der Waals surface area (Å²) in [5.41, 5.74) is 5.89. The van der Waals surface area contributed by atoms with Crippen LogP contribution in [0.15, 0.2) is 122 Å². The van der Waals surface area contributed by atoms with Gasteiger partial charge in [-0.25, -0.2) is 9.59 Å². The molecule has 72 heavy (non-hydrogen) atoms. The predicted molar refractivity (Wildman–Crippen MR) is 281 cm³/mol. The highest BCUT2D eigenvalue weighted by molar-refractivity contribution is 8.76. The molecule has 4 amide bonds. The standard InChI is InChI=1S/C54H64N10O6S2/c1-53(2,3)69-51(67)57-43(49(65)61-29-31-63-47(33-41(59-63)39-21-25-55-26-22-39)45(61)19-17-37-13-9-7-10-14-37)35-71-72-36-44(58-52(68)70-54(4,5)6)50(66)62-30-32-64-48(34-42(60-64)40-23-27-56-28-24-40)46(62)20-18-38-15-11-8-12-16-38/h7-16,21-28,33-34,43-46H,17-20,29-32,35-36H2,1-6H3,(H,57,67)(H,58,68)/t43-,44?,45?,46?/m0/s1. The molecule has 2 N–H and O–H groups in total. The van der Waals surface area contributed by atoms with Crippen LogP contribution in [-0.4, -0.2) is 111 Å². The van der Waals surface area contributed by atoms with Crippen molar-refractivity contribution < 1.29 is 28.7 Å². The van der Waals surface area contributed by atoms with E-state index in [1.54, 1.807) is 66.3 Å². The van der Waals surface area contributed by atoms with Gasteiger partial charge in [0.15, 0.2) is 0 Å². The number of benzene rings is 2. The van der Waals surface area contributed by atoms with E-state index >= 15 is 9.59 Å². The maximum Gasteiger partial charge on any atom is 0.408 e. The fourth-order valence-corrected chi connectivity index (χ4v) is 11.3. The van der Waals surface area contributed by atoms with Gasteiger partial charge in [-0.05, 0) is 115 Å². The van der Waals surface area contributed by atoms with E-state index in [0.717, 1.165) is 45.0 Å². The van der Waals surface area contributed by atoms with Crippen LogP contribution < -0.4 is 10.6 Å². The van der Waals surface area contributed by atoms with E-state index in [-0.39, 0.29) is 35.4 Å². The van der Waals surface area contributed by atoms with Crippen molar-refractivity contribution in [2.75, 3.05) is 24.6 Å². The van der Waals surface area contributed by atoms with Gasteiger partial charge in [-0.15, -0.1) is 0 Å². The molecule has 0 aliphatic carbocycles. The molecule has 0 bridgehead atoms. The molecule has 3 unspecified atom stereocenters. The molecule has 0 spiro atoms. The minimum absolute atomic E-state index is 0.139. The third kappa shape index (κ3) is 13.6. The molecule has 378 valence electrons. The summed E-state index contributed by atoms with van der Waals surface area (Å²) < 4.78 is 15.4. The second-order valence-electron chi connectivity index (χ2n) is 19.9. The number of ether oxygens (including phenoxy) is 2. The SMILES string of the molecule is CC(C)(C)OC(=O)NC(CSSC[C@H](NC(=O)OC(C)(C)C)C(=O)N1CCn2nc(-c3ccncc3)cc2C1CCc1ccccc1)C(=O)N1CCn2nc(-c3ccncc3)cc2C1CCc1ccccc1. The molecule has 0 radical (unpaired) electrons. The number of nitrogens with one attached hydrogen (secondary N) is 2. The van der Waals surface area contributed by atoms with Crippen LogP contribution in [-0.2, 0) is 45.0 Å². The molecule has 2 aliphatic rings. The van der Waals surface area contributed by atoms with Crippen LogP contribution in [0.1, 0.15) is 89.0 Å². The number of aryl methyl sites for hydroxylation is 2. The first kappa shape index (κ1) is 51.7. The molecular weight excluding hydrogens is 949 g/mol. The zero-order valence-electron chi connectivity index (χ0n) is 41.8. The zero-order valence-corrected chi connectivity index (χ0v) is 43.4. The van der Waals surface area contributed by atoms with Crippen LogP contribution in [0.4, 0.5) is 9.59 Å². The third-order valence-electron chi connectivity index (χ3n) is 12.3. The lowest BCUT2D eigenvalue weighted by Crippen LogP contribution is -2.54.